The second-order valence-electron chi connectivity index (χ2n) is 3.01. The van der Waals surface area contributed by atoms with Crippen LogP contribution in [0.5, 0.6) is 5.75 Å². The standard InChI is InChI=1S/C10H8ClNO3/c1-14-10(13)8-5-6-7(11)3-2-4-9(6)15-12-8/h2-4H,5H2,1H3. The van der Waals surface area contributed by atoms with Crippen LogP contribution in [0.2, 0.25) is 5.02 Å². The van der Waals surface area contributed by atoms with Crippen LogP contribution < -0.4 is 4.84 Å². The van der Waals surface area contributed by atoms with Crippen LogP contribution in [0.1, 0.15) is 5.56 Å². The predicted molar refractivity (Wildman–Crippen MR) is 55.2 cm³/mol. The van der Waals surface area contributed by atoms with Crippen LogP contribution >= 0.6 is 11.6 Å². The summed E-state index contributed by atoms with van der Waals surface area (Å²) in [5.74, 6) is 0.0794. The van der Waals surface area contributed by atoms with Gasteiger partial charge in [0.15, 0.2) is 11.5 Å². The van der Waals surface area contributed by atoms with Crippen molar-refractivity contribution in [2.75, 3.05) is 7.11 Å². The minimum Gasteiger partial charge on any atom is -0.464 e. The Labute approximate surface area is 91.4 Å². The molecule has 0 saturated heterocycles. The molecule has 15 heavy (non-hydrogen) atoms. The molecule has 0 N–H and O–H groups in total. The summed E-state index contributed by atoms with van der Waals surface area (Å²) >= 11 is 5.97. The zero-order valence-electron chi connectivity index (χ0n) is 7.99. The lowest BCUT2D eigenvalue weighted by molar-refractivity contribution is -0.133. The molecule has 1 aliphatic heterocycles. The number of benzene rings is 1. The number of oxime groups is 1. The van der Waals surface area contributed by atoms with E-state index in [2.05, 4.69) is 9.89 Å². The molecule has 0 unspecified atom stereocenters. The molecule has 5 heteroatoms. The smallest absolute Gasteiger partial charge is 0.356 e. The summed E-state index contributed by atoms with van der Waals surface area (Å²) in [6, 6.07) is 5.25. The topological polar surface area (TPSA) is 47.9 Å². The Hall–Kier alpha value is -1.55. The van der Waals surface area contributed by atoms with Gasteiger partial charge in [-0.05, 0) is 12.1 Å². The van der Waals surface area contributed by atoms with Crippen LogP contribution in [0.25, 0.3) is 0 Å². The highest BCUT2D eigenvalue weighted by Crippen LogP contribution is 2.29. The van der Waals surface area contributed by atoms with Gasteiger partial charge in [-0.2, -0.15) is 0 Å². The van der Waals surface area contributed by atoms with E-state index in [9.17, 15) is 4.79 Å². The molecule has 4 nitrogen and oxygen atoms in total. The molecule has 0 radical (unpaired) electrons. The molecule has 0 fully saturated rings. The second-order valence-corrected chi connectivity index (χ2v) is 3.42. The van der Waals surface area contributed by atoms with Gasteiger partial charge in [0, 0.05) is 17.0 Å². The number of hydrogen-bond acceptors (Lipinski definition) is 4. The minimum atomic E-state index is -0.499. The lowest BCUT2D eigenvalue weighted by Crippen LogP contribution is -2.22. The summed E-state index contributed by atoms with van der Waals surface area (Å²) < 4.78 is 4.55. The molecule has 0 bridgehead atoms. The highest BCUT2D eigenvalue weighted by atomic mass is 35.5. The number of hydrogen-bond donors (Lipinski definition) is 0. The van der Waals surface area contributed by atoms with Crippen LogP contribution in [0.15, 0.2) is 23.4 Å². The quantitative estimate of drug-likeness (QED) is 0.685. The van der Waals surface area contributed by atoms with Gasteiger partial charge in [0.25, 0.3) is 0 Å². The highest BCUT2D eigenvalue weighted by molar-refractivity contribution is 6.38. The number of fused-ring (bicyclic) bond motifs is 1. The third-order valence-electron chi connectivity index (χ3n) is 2.10. The van der Waals surface area contributed by atoms with Crippen LogP contribution in [0.4, 0.5) is 0 Å². The van der Waals surface area contributed by atoms with Gasteiger partial charge in [-0.25, -0.2) is 4.79 Å². The van der Waals surface area contributed by atoms with Crippen LogP contribution in [-0.4, -0.2) is 18.8 Å². The van der Waals surface area contributed by atoms with Gasteiger partial charge in [-0.1, -0.05) is 22.8 Å². The van der Waals surface area contributed by atoms with Crippen molar-refractivity contribution < 1.29 is 14.4 Å². The summed E-state index contributed by atoms with van der Waals surface area (Å²) in [7, 11) is 1.30. The van der Waals surface area contributed by atoms with Crippen molar-refractivity contribution in [1.29, 1.82) is 0 Å². The van der Waals surface area contributed by atoms with E-state index in [0.717, 1.165) is 5.56 Å². The first-order valence-corrected chi connectivity index (χ1v) is 4.69. The number of rotatable bonds is 1. The Bertz CT molecular complexity index is 442. The summed E-state index contributed by atoms with van der Waals surface area (Å²) in [5, 5.41) is 4.23. The van der Waals surface area contributed by atoms with E-state index in [1.165, 1.54) is 7.11 Å². The van der Waals surface area contributed by atoms with Gasteiger partial charge >= 0.3 is 5.97 Å². The lowest BCUT2D eigenvalue weighted by Gasteiger charge is -2.14. The molecular weight excluding hydrogens is 218 g/mol. The molecule has 0 aromatic heterocycles. The first kappa shape index (κ1) is 9.98. The summed E-state index contributed by atoms with van der Waals surface area (Å²) in [5.41, 5.74) is 0.979. The van der Waals surface area contributed by atoms with Crippen molar-refractivity contribution in [3.63, 3.8) is 0 Å². The first-order chi connectivity index (χ1) is 7.22. The Morgan fingerprint density at radius 3 is 3.13 bits per heavy atom. The lowest BCUT2D eigenvalue weighted by atomic mass is 10.1. The number of carbonyl (C=O) groups excluding carboxylic acids is 1. The SMILES string of the molecule is COC(=O)C1=NOc2cccc(Cl)c2C1. The maximum Gasteiger partial charge on any atom is 0.356 e. The Kier molecular flexibility index (Phi) is 2.60. The van der Waals surface area contributed by atoms with E-state index >= 15 is 0 Å². The molecule has 2 rings (SSSR count). The van der Waals surface area contributed by atoms with E-state index in [4.69, 9.17) is 16.4 Å². The molecule has 1 aliphatic rings. The Morgan fingerprint density at radius 2 is 2.40 bits per heavy atom. The molecule has 0 spiro atoms. The van der Waals surface area contributed by atoms with Gasteiger partial charge in [-0.3, -0.25) is 0 Å². The van der Waals surface area contributed by atoms with E-state index in [0.29, 0.717) is 17.2 Å². The fourth-order valence-corrected chi connectivity index (χ4v) is 1.56. The molecule has 1 aromatic rings. The molecule has 0 saturated carbocycles. The fourth-order valence-electron chi connectivity index (χ4n) is 1.33. The summed E-state index contributed by atoms with van der Waals surface area (Å²) in [6.07, 6.45) is 0.335. The van der Waals surface area contributed by atoms with Gasteiger partial charge in [0.2, 0.25) is 0 Å². The van der Waals surface area contributed by atoms with Gasteiger partial charge in [-0.15, -0.1) is 0 Å². The third-order valence-corrected chi connectivity index (χ3v) is 2.45. The first-order valence-electron chi connectivity index (χ1n) is 4.32. The van der Waals surface area contributed by atoms with Crippen molar-refractivity contribution in [2.45, 2.75) is 6.42 Å². The number of carbonyl (C=O) groups is 1. The van der Waals surface area contributed by atoms with Crippen molar-refractivity contribution in [2.24, 2.45) is 5.16 Å². The van der Waals surface area contributed by atoms with Crippen molar-refractivity contribution in [1.82, 2.24) is 0 Å². The largest absolute Gasteiger partial charge is 0.464 e. The maximum atomic E-state index is 11.2. The summed E-state index contributed by atoms with van der Waals surface area (Å²) in [6.45, 7) is 0. The summed E-state index contributed by atoms with van der Waals surface area (Å²) in [4.78, 5) is 16.3. The van der Waals surface area contributed by atoms with Gasteiger partial charge in [0.1, 0.15) is 0 Å². The molecule has 0 aliphatic carbocycles. The normalized spacial score (nSPS) is 13.6. The number of halogens is 1. The third kappa shape index (κ3) is 1.80. The molecule has 1 aromatic carbocycles. The second kappa shape index (κ2) is 3.90. The van der Waals surface area contributed by atoms with Gasteiger partial charge < -0.3 is 9.57 Å². The Balaban J connectivity index is 2.33. The van der Waals surface area contributed by atoms with Crippen molar-refractivity contribution in [3.8, 4) is 5.75 Å². The predicted octanol–water partition coefficient (Wildman–Crippen LogP) is 1.80. The average molecular weight is 226 g/mol. The molecular formula is C10H8ClNO3. The highest BCUT2D eigenvalue weighted by Gasteiger charge is 2.22. The van der Waals surface area contributed by atoms with Crippen LogP contribution in [0, 0.1) is 0 Å². The van der Waals surface area contributed by atoms with E-state index in [-0.39, 0.29) is 5.71 Å². The zero-order chi connectivity index (χ0) is 10.8. The van der Waals surface area contributed by atoms with Crippen LogP contribution in [0.3, 0.4) is 0 Å². The molecule has 78 valence electrons. The number of methoxy groups -OCH3 is 1. The van der Waals surface area contributed by atoms with Crippen molar-refractivity contribution >= 4 is 23.3 Å². The number of nitrogens with zero attached hydrogens (tertiary/aromatic N) is 1. The Morgan fingerprint density at radius 1 is 1.60 bits per heavy atom. The minimum absolute atomic E-state index is 0.220. The van der Waals surface area contributed by atoms with Crippen LogP contribution in [-0.2, 0) is 16.0 Å². The van der Waals surface area contributed by atoms with Crippen molar-refractivity contribution in [3.05, 3.63) is 28.8 Å². The molecule has 0 amide bonds. The van der Waals surface area contributed by atoms with Gasteiger partial charge in [0.05, 0.1) is 7.11 Å². The maximum absolute atomic E-state index is 11.2. The molecule has 0 atom stereocenters. The fraction of sp³-hybridized carbons (Fsp3) is 0.200. The van der Waals surface area contributed by atoms with E-state index in [1.54, 1.807) is 18.2 Å². The number of esters is 1. The number of ether oxygens (including phenoxy) is 1. The average Bonchev–Trinajstić information content (AvgIpc) is 2.28. The van der Waals surface area contributed by atoms with E-state index in [1.807, 2.05) is 0 Å². The zero-order valence-corrected chi connectivity index (χ0v) is 8.75. The molecule has 1 heterocycles. The van der Waals surface area contributed by atoms with E-state index < -0.39 is 5.97 Å². The monoisotopic (exact) mass is 225 g/mol.